The summed E-state index contributed by atoms with van der Waals surface area (Å²) in [7, 11) is 1.89. The zero-order valence-corrected chi connectivity index (χ0v) is 18.1. The monoisotopic (exact) mass is 424 g/mol. The van der Waals surface area contributed by atoms with Crippen molar-refractivity contribution in [1.82, 2.24) is 24.9 Å². The van der Waals surface area contributed by atoms with E-state index in [1.807, 2.05) is 49.8 Å². The number of nitrogens with zero attached hydrogens (tertiary/aromatic N) is 4. The molecule has 31 heavy (non-hydrogen) atoms. The summed E-state index contributed by atoms with van der Waals surface area (Å²) in [5.74, 6) is 0.525. The van der Waals surface area contributed by atoms with Crippen LogP contribution < -0.4 is 10.1 Å². The normalized spacial score (nSPS) is 14.5. The van der Waals surface area contributed by atoms with Crippen LogP contribution in [0.1, 0.15) is 21.9 Å². The Balaban J connectivity index is 1.32. The smallest absolute Gasteiger partial charge is 0.273 e. The number of rotatable bonds is 7. The van der Waals surface area contributed by atoms with Crippen LogP contribution in [-0.2, 0) is 11.8 Å². The Morgan fingerprint density at radius 3 is 2.65 bits per heavy atom. The minimum atomic E-state index is -0.251. The number of carbonyl (C=O) groups is 1. The summed E-state index contributed by atoms with van der Waals surface area (Å²) in [4.78, 5) is 14.9. The lowest BCUT2D eigenvalue weighted by Gasteiger charge is -2.26. The predicted octanol–water partition coefficient (Wildman–Crippen LogP) is 2.39. The van der Waals surface area contributed by atoms with Crippen molar-refractivity contribution in [2.24, 2.45) is 7.05 Å². The number of amides is 1. The van der Waals surface area contributed by atoms with Crippen LogP contribution in [0.25, 0.3) is 11.3 Å². The molecule has 4 rings (SSSR count). The van der Waals surface area contributed by atoms with Gasteiger partial charge in [0.25, 0.3) is 5.91 Å². The first-order valence-electron chi connectivity index (χ1n) is 10.4. The average Bonchev–Trinajstić information content (AvgIpc) is 3.34. The van der Waals surface area contributed by atoms with E-state index in [4.69, 9.17) is 9.47 Å². The second kappa shape index (κ2) is 9.32. The van der Waals surface area contributed by atoms with Crippen LogP contribution in [0.4, 0.5) is 5.69 Å². The first-order chi connectivity index (χ1) is 15.0. The molecule has 0 saturated carbocycles. The standard InChI is InChI=1S/C22H28N6O3/c1-15-21(16(2)27(3)26-15)19-14-20(25-24-19)22(29)23-17-4-6-18(7-5-17)31-13-10-28-8-11-30-12-9-28/h4-7,14H,8-13H2,1-3H3,(H,23,29)(H,24,25). The van der Waals surface area contributed by atoms with E-state index in [2.05, 4.69) is 25.5 Å². The summed E-state index contributed by atoms with van der Waals surface area (Å²) in [5.41, 5.74) is 4.61. The van der Waals surface area contributed by atoms with Crippen molar-refractivity contribution in [3.63, 3.8) is 0 Å². The number of aryl methyl sites for hydroxylation is 2. The van der Waals surface area contributed by atoms with Crippen LogP contribution in [0.2, 0.25) is 0 Å². The zero-order valence-electron chi connectivity index (χ0n) is 18.1. The highest BCUT2D eigenvalue weighted by Crippen LogP contribution is 2.25. The van der Waals surface area contributed by atoms with Gasteiger partial charge in [-0.25, -0.2) is 0 Å². The number of nitrogens with one attached hydrogen (secondary N) is 2. The minimum Gasteiger partial charge on any atom is -0.492 e. The van der Waals surface area contributed by atoms with Crippen LogP contribution in [0, 0.1) is 13.8 Å². The summed E-state index contributed by atoms with van der Waals surface area (Å²) in [6.07, 6.45) is 0. The summed E-state index contributed by atoms with van der Waals surface area (Å²) in [6.45, 7) is 8.87. The van der Waals surface area contributed by atoms with Crippen LogP contribution in [0.15, 0.2) is 30.3 Å². The number of aromatic nitrogens is 4. The second-order valence-corrected chi connectivity index (χ2v) is 7.62. The van der Waals surface area contributed by atoms with Crippen molar-refractivity contribution >= 4 is 11.6 Å². The van der Waals surface area contributed by atoms with E-state index in [-0.39, 0.29) is 5.91 Å². The van der Waals surface area contributed by atoms with Crippen molar-refractivity contribution in [2.75, 3.05) is 44.8 Å². The van der Waals surface area contributed by atoms with E-state index in [0.717, 1.165) is 55.5 Å². The minimum absolute atomic E-state index is 0.251. The van der Waals surface area contributed by atoms with Gasteiger partial charge in [0, 0.05) is 43.6 Å². The Hall–Kier alpha value is -3.17. The van der Waals surface area contributed by atoms with E-state index in [1.54, 1.807) is 6.07 Å². The summed E-state index contributed by atoms with van der Waals surface area (Å²) >= 11 is 0. The Bertz CT molecular complexity index is 1030. The largest absolute Gasteiger partial charge is 0.492 e. The Morgan fingerprint density at radius 1 is 1.23 bits per heavy atom. The molecular formula is C22H28N6O3. The lowest BCUT2D eigenvalue weighted by Crippen LogP contribution is -2.38. The number of ether oxygens (including phenoxy) is 2. The molecule has 164 valence electrons. The van der Waals surface area contributed by atoms with Gasteiger partial charge >= 0.3 is 0 Å². The molecule has 2 N–H and O–H groups in total. The molecule has 1 amide bonds. The molecule has 3 aromatic rings. The van der Waals surface area contributed by atoms with E-state index in [1.165, 1.54) is 0 Å². The van der Waals surface area contributed by atoms with Crippen LogP contribution in [-0.4, -0.2) is 70.2 Å². The molecule has 1 fully saturated rings. The molecular weight excluding hydrogens is 396 g/mol. The molecule has 0 bridgehead atoms. The second-order valence-electron chi connectivity index (χ2n) is 7.62. The quantitative estimate of drug-likeness (QED) is 0.605. The molecule has 1 aromatic carbocycles. The third-order valence-electron chi connectivity index (χ3n) is 5.48. The van der Waals surface area contributed by atoms with Gasteiger partial charge in [-0.3, -0.25) is 19.5 Å². The van der Waals surface area contributed by atoms with Gasteiger partial charge in [-0.15, -0.1) is 0 Å². The maximum atomic E-state index is 12.6. The third kappa shape index (κ3) is 4.95. The van der Waals surface area contributed by atoms with Crippen molar-refractivity contribution < 1.29 is 14.3 Å². The van der Waals surface area contributed by atoms with E-state index < -0.39 is 0 Å². The Kier molecular flexibility index (Phi) is 6.34. The van der Waals surface area contributed by atoms with Crippen LogP contribution >= 0.6 is 0 Å². The Morgan fingerprint density at radius 2 is 1.97 bits per heavy atom. The molecule has 0 aliphatic carbocycles. The van der Waals surface area contributed by atoms with Crippen molar-refractivity contribution in [2.45, 2.75) is 13.8 Å². The first-order valence-corrected chi connectivity index (χ1v) is 10.4. The number of anilines is 1. The van der Waals surface area contributed by atoms with Gasteiger partial charge < -0.3 is 14.8 Å². The van der Waals surface area contributed by atoms with Gasteiger partial charge in [0.15, 0.2) is 0 Å². The van der Waals surface area contributed by atoms with Crippen LogP contribution in [0.5, 0.6) is 5.75 Å². The molecule has 1 aliphatic heterocycles. The number of carbonyl (C=O) groups excluding carboxylic acids is 1. The maximum Gasteiger partial charge on any atom is 0.273 e. The lowest BCUT2D eigenvalue weighted by molar-refractivity contribution is 0.0322. The summed E-state index contributed by atoms with van der Waals surface area (Å²) < 4.78 is 13.0. The van der Waals surface area contributed by atoms with E-state index in [9.17, 15) is 4.79 Å². The summed E-state index contributed by atoms with van der Waals surface area (Å²) in [6, 6.07) is 9.12. The van der Waals surface area contributed by atoms with Gasteiger partial charge in [-0.1, -0.05) is 0 Å². The predicted molar refractivity (Wildman–Crippen MR) is 117 cm³/mol. The number of morpholine rings is 1. The van der Waals surface area contributed by atoms with Gasteiger partial charge in [0.1, 0.15) is 18.1 Å². The van der Waals surface area contributed by atoms with Gasteiger partial charge in [0.2, 0.25) is 0 Å². The summed E-state index contributed by atoms with van der Waals surface area (Å²) in [5, 5.41) is 14.4. The molecule has 1 saturated heterocycles. The Labute approximate surface area is 181 Å². The van der Waals surface area contributed by atoms with Gasteiger partial charge in [-0.05, 0) is 44.2 Å². The third-order valence-corrected chi connectivity index (χ3v) is 5.48. The maximum absolute atomic E-state index is 12.6. The highest BCUT2D eigenvalue weighted by molar-refractivity contribution is 6.03. The fourth-order valence-electron chi connectivity index (χ4n) is 3.66. The number of hydrogen-bond donors (Lipinski definition) is 2. The molecule has 9 heteroatoms. The molecule has 0 radical (unpaired) electrons. The number of benzene rings is 1. The highest BCUT2D eigenvalue weighted by atomic mass is 16.5. The SMILES string of the molecule is Cc1nn(C)c(C)c1-c1cc(C(=O)Nc2ccc(OCCN3CCOCC3)cc2)[nH]n1. The first kappa shape index (κ1) is 21.1. The zero-order chi connectivity index (χ0) is 21.8. The van der Waals surface area contributed by atoms with Gasteiger partial charge in [-0.2, -0.15) is 10.2 Å². The van der Waals surface area contributed by atoms with Crippen molar-refractivity contribution in [3.8, 4) is 17.0 Å². The van der Waals surface area contributed by atoms with E-state index in [0.29, 0.717) is 23.7 Å². The van der Waals surface area contributed by atoms with Crippen molar-refractivity contribution in [3.05, 3.63) is 47.4 Å². The highest BCUT2D eigenvalue weighted by Gasteiger charge is 2.17. The fourth-order valence-corrected chi connectivity index (χ4v) is 3.66. The molecule has 0 atom stereocenters. The van der Waals surface area contributed by atoms with Crippen LogP contribution in [0.3, 0.4) is 0 Å². The van der Waals surface area contributed by atoms with Gasteiger partial charge in [0.05, 0.1) is 24.6 Å². The van der Waals surface area contributed by atoms with E-state index >= 15 is 0 Å². The molecule has 0 unspecified atom stereocenters. The molecule has 9 nitrogen and oxygen atoms in total. The number of aromatic amines is 1. The molecule has 3 heterocycles. The molecule has 1 aliphatic rings. The van der Waals surface area contributed by atoms with Crippen molar-refractivity contribution in [1.29, 1.82) is 0 Å². The topological polar surface area (TPSA) is 97.3 Å². The lowest BCUT2D eigenvalue weighted by atomic mass is 10.1. The average molecular weight is 425 g/mol. The molecule has 2 aromatic heterocycles. The number of hydrogen-bond acceptors (Lipinski definition) is 6. The fraction of sp³-hybridized carbons (Fsp3) is 0.409. The number of H-pyrrole nitrogens is 1. The molecule has 0 spiro atoms.